The number of benzene rings is 2. The van der Waals surface area contributed by atoms with E-state index >= 15 is 0 Å². The zero-order valence-electron chi connectivity index (χ0n) is 16.7. The number of hydrogen-bond donors (Lipinski definition) is 0. The lowest BCUT2D eigenvalue weighted by Crippen LogP contribution is -2.37. The molecular formula is C24H21N3O3. The van der Waals surface area contributed by atoms with Gasteiger partial charge in [0, 0.05) is 29.6 Å². The summed E-state index contributed by atoms with van der Waals surface area (Å²) < 4.78 is 10.9. The second-order valence-electron chi connectivity index (χ2n) is 7.40. The lowest BCUT2D eigenvalue weighted by molar-refractivity contribution is -0.129. The summed E-state index contributed by atoms with van der Waals surface area (Å²) >= 11 is 0. The fraction of sp³-hybridized carbons (Fsp3) is 0.208. The number of aliphatic imine (C=N–C) groups is 1. The number of fused-ring (bicyclic) bond motifs is 1. The second kappa shape index (κ2) is 7.72. The normalized spacial score (nSPS) is 18.0. The number of anilines is 1. The lowest BCUT2D eigenvalue weighted by Gasteiger charge is -2.29. The van der Waals surface area contributed by atoms with Gasteiger partial charge in [-0.25, -0.2) is 14.8 Å². The van der Waals surface area contributed by atoms with Crippen molar-refractivity contribution in [3.63, 3.8) is 0 Å². The van der Waals surface area contributed by atoms with Gasteiger partial charge in [-0.15, -0.1) is 0 Å². The molecule has 1 saturated heterocycles. The van der Waals surface area contributed by atoms with Crippen LogP contribution in [0.1, 0.15) is 16.7 Å². The Labute approximate surface area is 174 Å². The molecule has 0 spiro atoms. The summed E-state index contributed by atoms with van der Waals surface area (Å²) in [5, 5.41) is 1.02. The topological polar surface area (TPSA) is 64.0 Å². The number of carbonyl (C=O) groups is 1. The summed E-state index contributed by atoms with van der Waals surface area (Å²) in [6.07, 6.45) is 1.77. The monoisotopic (exact) mass is 399 g/mol. The van der Waals surface area contributed by atoms with Crippen molar-refractivity contribution < 1.29 is 14.3 Å². The highest BCUT2D eigenvalue weighted by Crippen LogP contribution is 2.29. The van der Waals surface area contributed by atoms with Crippen molar-refractivity contribution in [3.8, 4) is 0 Å². The Morgan fingerprint density at radius 2 is 1.83 bits per heavy atom. The predicted octanol–water partition coefficient (Wildman–Crippen LogP) is 3.72. The summed E-state index contributed by atoms with van der Waals surface area (Å²) in [5.74, 6) is 0.704. The van der Waals surface area contributed by atoms with E-state index in [-0.39, 0.29) is 5.70 Å². The number of morpholine rings is 1. The van der Waals surface area contributed by atoms with Crippen LogP contribution in [0, 0.1) is 6.92 Å². The molecule has 2 aromatic carbocycles. The molecule has 6 heteroatoms. The van der Waals surface area contributed by atoms with Crippen LogP contribution < -0.4 is 4.90 Å². The summed E-state index contributed by atoms with van der Waals surface area (Å²) in [5.41, 5.74) is 3.98. The van der Waals surface area contributed by atoms with Crippen molar-refractivity contribution in [1.29, 1.82) is 0 Å². The Morgan fingerprint density at radius 1 is 1.03 bits per heavy atom. The van der Waals surface area contributed by atoms with E-state index in [9.17, 15) is 4.79 Å². The number of nitrogens with zero attached hydrogens (tertiary/aromatic N) is 3. The van der Waals surface area contributed by atoms with Crippen LogP contribution in [-0.4, -0.2) is 43.2 Å². The van der Waals surface area contributed by atoms with E-state index in [0.717, 1.165) is 46.5 Å². The molecule has 0 unspecified atom stereocenters. The van der Waals surface area contributed by atoms with Crippen LogP contribution in [-0.2, 0) is 14.3 Å². The zero-order chi connectivity index (χ0) is 20.5. The molecule has 6 nitrogen and oxygen atoms in total. The molecule has 1 aromatic heterocycles. The SMILES string of the molecule is Cc1ccc2cc(/C=C3\N=C(c4ccccc4)OC3=O)c(N3CCOCC3)nc2c1. The number of pyridine rings is 1. The molecule has 5 rings (SSSR count). The van der Waals surface area contributed by atoms with E-state index in [0.29, 0.717) is 19.1 Å². The Morgan fingerprint density at radius 3 is 2.63 bits per heavy atom. The molecule has 2 aliphatic rings. The number of cyclic esters (lactones) is 1. The van der Waals surface area contributed by atoms with E-state index in [1.54, 1.807) is 6.08 Å². The van der Waals surface area contributed by atoms with Gasteiger partial charge in [0.15, 0.2) is 5.70 Å². The first-order valence-electron chi connectivity index (χ1n) is 9.99. The van der Waals surface area contributed by atoms with Crippen LogP contribution in [0.4, 0.5) is 5.82 Å². The van der Waals surface area contributed by atoms with E-state index < -0.39 is 5.97 Å². The van der Waals surface area contributed by atoms with Gasteiger partial charge < -0.3 is 14.4 Å². The molecule has 3 heterocycles. The van der Waals surface area contributed by atoms with Crippen LogP contribution in [0.15, 0.2) is 65.3 Å². The molecule has 0 N–H and O–H groups in total. The number of carbonyl (C=O) groups excluding carboxylic acids is 1. The van der Waals surface area contributed by atoms with Crippen LogP contribution >= 0.6 is 0 Å². The molecular weight excluding hydrogens is 378 g/mol. The van der Waals surface area contributed by atoms with E-state index in [1.165, 1.54) is 0 Å². The molecule has 0 aliphatic carbocycles. The minimum absolute atomic E-state index is 0.275. The average Bonchev–Trinajstić information content (AvgIpc) is 3.15. The van der Waals surface area contributed by atoms with E-state index in [1.807, 2.05) is 30.3 Å². The van der Waals surface area contributed by atoms with Crippen molar-refractivity contribution in [1.82, 2.24) is 4.98 Å². The fourth-order valence-electron chi connectivity index (χ4n) is 3.68. The van der Waals surface area contributed by atoms with Gasteiger partial charge in [0.05, 0.1) is 18.7 Å². The van der Waals surface area contributed by atoms with Gasteiger partial charge >= 0.3 is 5.97 Å². The molecule has 3 aromatic rings. The summed E-state index contributed by atoms with van der Waals surface area (Å²) in [4.78, 5) is 24.1. The second-order valence-corrected chi connectivity index (χ2v) is 7.40. The Bertz CT molecular complexity index is 1180. The maximum Gasteiger partial charge on any atom is 0.363 e. The quantitative estimate of drug-likeness (QED) is 0.496. The fourth-order valence-corrected chi connectivity index (χ4v) is 3.68. The molecule has 0 amide bonds. The van der Waals surface area contributed by atoms with Gasteiger partial charge in [-0.2, -0.15) is 0 Å². The number of rotatable bonds is 3. The van der Waals surface area contributed by atoms with Crippen LogP contribution in [0.3, 0.4) is 0 Å². The van der Waals surface area contributed by atoms with Gasteiger partial charge in [-0.3, -0.25) is 0 Å². The summed E-state index contributed by atoms with van der Waals surface area (Å²) in [6.45, 7) is 4.87. The number of aromatic nitrogens is 1. The van der Waals surface area contributed by atoms with Gasteiger partial charge in [0.25, 0.3) is 0 Å². The van der Waals surface area contributed by atoms with Gasteiger partial charge in [0.1, 0.15) is 5.82 Å². The number of hydrogen-bond acceptors (Lipinski definition) is 6. The molecule has 0 bridgehead atoms. The maximum absolute atomic E-state index is 12.5. The number of esters is 1. The van der Waals surface area contributed by atoms with Crippen LogP contribution in [0.2, 0.25) is 0 Å². The first-order chi connectivity index (χ1) is 14.7. The first kappa shape index (κ1) is 18.5. The third kappa shape index (κ3) is 3.57. The molecule has 1 fully saturated rings. The van der Waals surface area contributed by atoms with E-state index in [2.05, 4.69) is 41.1 Å². The molecule has 0 radical (unpaired) electrons. The molecule has 2 aliphatic heterocycles. The minimum Gasteiger partial charge on any atom is -0.402 e. The first-order valence-corrected chi connectivity index (χ1v) is 9.99. The predicted molar refractivity (Wildman–Crippen MR) is 117 cm³/mol. The van der Waals surface area contributed by atoms with Crippen molar-refractivity contribution in [2.24, 2.45) is 4.99 Å². The van der Waals surface area contributed by atoms with Crippen molar-refractivity contribution in [2.45, 2.75) is 6.92 Å². The van der Waals surface area contributed by atoms with Gasteiger partial charge in [-0.1, -0.05) is 30.3 Å². The van der Waals surface area contributed by atoms with Crippen LogP contribution in [0.5, 0.6) is 0 Å². The molecule has 0 atom stereocenters. The third-order valence-corrected chi connectivity index (χ3v) is 5.23. The summed E-state index contributed by atoms with van der Waals surface area (Å²) in [7, 11) is 0. The lowest BCUT2D eigenvalue weighted by atomic mass is 10.1. The zero-order valence-corrected chi connectivity index (χ0v) is 16.7. The molecule has 150 valence electrons. The molecule has 0 saturated carbocycles. The Hall–Kier alpha value is -3.51. The number of ether oxygens (including phenoxy) is 2. The van der Waals surface area contributed by atoms with Crippen molar-refractivity contribution >= 4 is 34.7 Å². The standard InChI is InChI=1S/C24H21N3O3/c1-16-7-8-18-14-19(22(25-20(18)13-16)27-9-11-29-12-10-27)15-21-24(28)30-23(26-21)17-5-3-2-4-6-17/h2-8,13-15H,9-12H2,1H3/b21-15-. The highest BCUT2D eigenvalue weighted by molar-refractivity contribution is 6.13. The van der Waals surface area contributed by atoms with Crippen molar-refractivity contribution in [3.05, 3.63) is 77.0 Å². The van der Waals surface area contributed by atoms with Crippen molar-refractivity contribution in [2.75, 3.05) is 31.2 Å². The van der Waals surface area contributed by atoms with Gasteiger partial charge in [-0.05, 0) is 42.8 Å². The number of aryl methyl sites for hydroxylation is 1. The minimum atomic E-state index is -0.453. The van der Waals surface area contributed by atoms with Gasteiger partial charge in [0.2, 0.25) is 5.90 Å². The third-order valence-electron chi connectivity index (χ3n) is 5.23. The largest absolute Gasteiger partial charge is 0.402 e. The van der Waals surface area contributed by atoms with E-state index in [4.69, 9.17) is 14.5 Å². The smallest absolute Gasteiger partial charge is 0.363 e. The Kier molecular flexibility index (Phi) is 4.77. The maximum atomic E-state index is 12.5. The average molecular weight is 399 g/mol. The van der Waals surface area contributed by atoms with Crippen LogP contribution in [0.25, 0.3) is 17.0 Å². The highest BCUT2D eigenvalue weighted by atomic mass is 16.6. The highest BCUT2D eigenvalue weighted by Gasteiger charge is 2.25. The molecule has 30 heavy (non-hydrogen) atoms. The summed E-state index contributed by atoms with van der Waals surface area (Å²) in [6, 6.07) is 17.7. The Balaban J connectivity index is 1.61.